The summed E-state index contributed by atoms with van der Waals surface area (Å²) in [5.41, 5.74) is 5.63. The molecule has 1 atom stereocenters. The van der Waals surface area contributed by atoms with Crippen LogP contribution < -0.4 is 5.73 Å². The van der Waals surface area contributed by atoms with Gasteiger partial charge < -0.3 is 15.7 Å². The second-order valence-corrected chi connectivity index (χ2v) is 4.35. The fraction of sp³-hybridized carbons (Fsp3) is 0.417. The molecule has 2 heterocycles. The zero-order valence-electron chi connectivity index (χ0n) is 9.87. The predicted octanol–water partition coefficient (Wildman–Crippen LogP) is 0.201. The molecule has 0 aliphatic carbocycles. The van der Waals surface area contributed by atoms with E-state index in [1.807, 2.05) is 0 Å². The Morgan fingerprint density at radius 2 is 2.17 bits per heavy atom. The molecule has 18 heavy (non-hydrogen) atoms. The lowest BCUT2D eigenvalue weighted by atomic mass is 10.1. The number of carboxylic acid groups (broad SMARTS) is 1. The molecule has 1 aliphatic rings. The van der Waals surface area contributed by atoms with Gasteiger partial charge in [0.05, 0.1) is 0 Å². The Balaban J connectivity index is 2.14. The van der Waals surface area contributed by atoms with Crippen LogP contribution in [0.25, 0.3) is 0 Å². The van der Waals surface area contributed by atoms with Gasteiger partial charge in [-0.1, -0.05) is 6.07 Å². The number of carbonyl (C=O) groups is 2. The van der Waals surface area contributed by atoms with Crippen LogP contribution in [0.15, 0.2) is 18.2 Å². The van der Waals surface area contributed by atoms with Crippen LogP contribution in [0.1, 0.15) is 27.4 Å². The van der Waals surface area contributed by atoms with E-state index in [2.05, 4.69) is 4.98 Å². The summed E-state index contributed by atoms with van der Waals surface area (Å²) in [7, 11) is 0. The topological polar surface area (TPSA) is 96.5 Å². The number of aromatic carboxylic acids is 1. The Morgan fingerprint density at radius 3 is 2.78 bits per heavy atom. The third-order valence-corrected chi connectivity index (χ3v) is 3.09. The molecule has 0 radical (unpaired) electrons. The van der Waals surface area contributed by atoms with Gasteiger partial charge in [-0.3, -0.25) is 4.79 Å². The van der Waals surface area contributed by atoms with Crippen molar-refractivity contribution in [1.29, 1.82) is 0 Å². The van der Waals surface area contributed by atoms with Crippen LogP contribution in [0.5, 0.6) is 0 Å². The first kappa shape index (κ1) is 12.5. The average Bonchev–Trinajstić information content (AvgIpc) is 2.86. The average molecular weight is 249 g/mol. The third kappa shape index (κ3) is 2.48. The summed E-state index contributed by atoms with van der Waals surface area (Å²) in [5, 5.41) is 8.83. The highest BCUT2D eigenvalue weighted by Gasteiger charge is 2.26. The zero-order chi connectivity index (χ0) is 13.1. The van der Waals surface area contributed by atoms with Crippen molar-refractivity contribution < 1.29 is 14.7 Å². The Bertz CT molecular complexity index is 475. The SMILES string of the molecule is NCC1CCN(C(=O)c2cccc(C(=O)O)n2)C1. The molecule has 6 heteroatoms. The van der Waals surface area contributed by atoms with Crippen LogP contribution in [0, 0.1) is 5.92 Å². The molecule has 1 amide bonds. The molecule has 1 aromatic rings. The van der Waals surface area contributed by atoms with E-state index in [0.717, 1.165) is 6.42 Å². The summed E-state index contributed by atoms with van der Waals surface area (Å²) in [4.78, 5) is 28.4. The lowest BCUT2D eigenvalue weighted by Gasteiger charge is -2.15. The Morgan fingerprint density at radius 1 is 1.44 bits per heavy atom. The van der Waals surface area contributed by atoms with E-state index in [1.54, 1.807) is 4.90 Å². The maximum Gasteiger partial charge on any atom is 0.354 e. The number of carbonyl (C=O) groups excluding carboxylic acids is 1. The van der Waals surface area contributed by atoms with Crippen LogP contribution in [-0.2, 0) is 0 Å². The number of hydrogen-bond donors (Lipinski definition) is 2. The second-order valence-electron chi connectivity index (χ2n) is 4.35. The van der Waals surface area contributed by atoms with Gasteiger partial charge in [-0.15, -0.1) is 0 Å². The van der Waals surface area contributed by atoms with E-state index < -0.39 is 5.97 Å². The van der Waals surface area contributed by atoms with Crippen molar-refractivity contribution in [3.63, 3.8) is 0 Å². The summed E-state index contributed by atoms with van der Waals surface area (Å²) < 4.78 is 0. The summed E-state index contributed by atoms with van der Waals surface area (Å²) in [6.07, 6.45) is 0.890. The van der Waals surface area contributed by atoms with Crippen LogP contribution in [-0.4, -0.2) is 46.5 Å². The highest BCUT2D eigenvalue weighted by molar-refractivity contribution is 5.94. The second kappa shape index (κ2) is 5.14. The van der Waals surface area contributed by atoms with Crippen LogP contribution >= 0.6 is 0 Å². The van der Waals surface area contributed by atoms with Gasteiger partial charge in [-0.25, -0.2) is 9.78 Å². The van der Waals surface area contributed by atoms with Gasteiger partial charge in [0.15, 0.2) is 0 Å². The molecular weight excluding hydrogens is 234 g/mol. The summed E-state index contributed by atoms with van der Waals surface area (Å²) in [5.74, 6) is -1.03. The highest BCUT2D eigenvalue weighted by Crippen LogP contribution is 2.17. The molecule has 1 saturated heterocycles. The van der Waals surface area contributed by atoms with Crippen molar-refractivity contribution in [3.8, 4) is 0 Å². The maximum absolute atomic E-state index is 12.1. The van der Waals surface area contributed by atoms with Crippen molar-refractivity contribution in [1.82, 2.24) is 9.88 Å². The normalized spacial score (nSPS) is 18.9. The van der Waals surface area contributed by atoms with Crippen molar-refractivity contribution >= 4 is 11.9 Å². The number of carboxylic acids is 1. The number of rotatable bonds is 3. The smallest absolute Gasteiger partial charge is 0.354 e. The molecule has 1 unspecified atom stereocenters. The number of hydrogen-bond acceptors (Lipinski definition) is 4. The molecule has 1 fully saturated rings. The van der Waals surface area contributed by atoms with Crippen LogP contribution in [0.3, 0.4) is 0 Å². The van der Waals surface area contributed by atoms with E-state index >= 15 is 0 Å². The molecule has 3 N–H and O–H groups in total. The first-order valence-corrected chi connectivity index (χ1v) is 5.81. The number of aromatic nitrogens is 1. The molecule has 6 nitrogen and oxygen atoms in total. The quantitative estimate of drug-likeness (QED) is 0.797. The van der Waals surface area contributed by atoms with Gasteiger partial charge in [0.1, 0.15) is 11.4 Å². The minimum Gasteiger partial charge on any atom is -0.477 e. The third-order valence-electron chi connectivity index (χ3n) is 3.09. The number of pyridine rings is 1. The first-order valence-electron chi connectivity index (χ1n) is 5.81. The molecule has 96 valence electrons. The standard InChI is InChI=1S/C12H15N3O3/c13-6-8-4-5-15(7-8)11(16)9-2-1-3-10(14-9)12(17)18/h1-3,8H,4-7,13H2,(H,17,18). The largest absolute Gasteiger partial charge is 0.477 e. The summed E-state index contributed by atoms with van der Waals surface area (Å²) in [6, 6.07) is 4.43. The Hall–Kier alpha value is -1.95. The number of amides is 1. The molecule has 0 aromatic carbocycles. The van der Waals surface area contributed by atoms with Crippen LogP contribution in [0.2, 0.25) is 0 Å². The molecule has 0 saturated carbocycles. The Labute approximate surface area is 104 Å². The monoisotopic (exact) mass is 249 g/mol. The molecule has 2 rings (SSSR count). The number of nitrogens with two attached hydrogens (primary N) is 1. The lowest BCUT2D eigenvalue weighted by Crippen LogP contribution is -2.30. The molecule has 0 bridgehead atoms. The van der Waals surface area contributed by atoms with E-state index in [4.69, 9.17) is 10.8 Å². The van der Waals surface area contributed by atoms with E-state index in [9.17, 15) is 9.59 Å². The predicted molar refractivity (Wildman–Crippen MR) is 64.3 cm³/mol. The van der Waals surface area contributed by atoms with Crippen molar-refractivity contribution in [2.24, 2.45) is 11.7 Å². The number of likely N-dealkylation sites (tertiary alicyclic amines) is 1. The highest BCUT2D eigenvalue weighted by atomic mass is 16.4. The van der Waals surface area contributed by atoms with Gasteiger partial charge in [0, 0.05) is 13.1 Å². The molecular formula is C12H15N3O3. The van der Waals surface area contributed by atoms with Gasteiger partial charge in [-0.05, 0) is 31.0 Å². The Kier molecular flexibility index (Phi) is 3.57. The summed E-state index contributed by atoms with van der Waals surface area (Å²) >= 11 is 0. The van der Waals surface area contributed by atoms with E-state index in [-0.39, 0.29) is 17.3 Å². The maximum atomic E-state index is 12.1. The van der Waals surface area contributed by atoms with Gasteiger partial charge in [0.25, 0.3) is 5.91 Å². The van der Waals surface area contributed by atoms with Gasteiger partial charge >= 0.3 is 5.97 Å². The molecule has 1 aromatic heterocycles. The first-order chi connectivity index (χ1) is 8.61. The fourth-order valence-electron chi connectivity index (χ4n) is 2.04. The molecule has 0 spiro atoms. The van der Waals surface area contributed by atoms with E-state index in [1.165, 1.54) is 18.2 Å². The van der Waals surface area contributed by atoms with Crippen LogP contribution in [0.4, 0.5) is 0 Å². The van der Waals surface area contributed by atoms with Crippen molar-refractivity contribution in [2.45, 2.75) is 6.42 Å². The van der Waals surface area contributed by atoms with Crippen molar-refractivity contribution in [2.75, 3.05) is 19.6 Å². The van der Waals surface area contributed by atoms with Crippen molar-refractivity contribution in [3.05, 3.63) is 29.6 Å². The van der Waals surface area contributed by atoms with E-state index in [0.29, 0.717) is 25.6 Å². The lowest BCUT2D eigenvalue weighted by molar-refractivity contribution is 0.0690. The zero-order valence-corrected chi connectivity index (χ0v) is 9.87. The van der Waals surface area contributed by atoms with Gasteiger partial charge in [-0.2, -0.15) is 0 Å². The summed E-state index contributed by atoms with van der Waals surface area (Å²) in [6.45, 7) is 1.83. The minimum atomic E-state index is -1.13. The fourth-order valence-corrected chi connectivity index (χ4v) is 2.04. The number of nitrogens with zero attached hydrogens (tertiary/aromatic N) is 2. The minimum absolute atomic E-state index is 0.115. The van der Waals surface area contributed by atoms with Gasteiger partial charge in [0.2, 0.25) is 0 Å². The molecule has 1 aliphatic heterocycles.